The molecule has 0 saturated carbocycles. The van der Waals surface area contributed by atoms with Crippen molar-refractivity contribution in [1.29, 1.82) is 0 Å². The Balaban J connectivity index is 1.78. The highest BCUT2D eigenvalue weighted by molar-refractivity contribution is 7.21. The Morgan fingerprint density at radius 3 is 2.57 bits per heavy atom. The number of nitrogen functional groups attached to an aromatic ring is 1. The third kappa shape index (κ3) is 3.96. The number of carbonyl (C=O) groups excluding carboxylic acids is 1. The van der Waals surface area contributed by atoms with Gasteiger partial charge < -0.3 is 26.8 Å². The van der Waals surface area contributed by atoms with Crippen LogP contribution in [0.1, 0.15) is 33.6 Å². The van der Waals surface area contributed by atoms with E-state index in [2.05, 4.69) is 4.90 Å². The maximum atomic E-state index is 11.8. The summed E-state index contributed by atoms with van der Waals surface area (Å²) in [5.41, 5.74) is 20.2. The molecule has 3 heterocycles. The first kappa shape index (κ1) is 20.2. The van der Waals surface area contributed by atoms with Crippen LogP contribution in [0.15, 0.2) is 30.3 Å². The van der Waals surface area contributed by atoms with Crippen LogP contribution in [-0.4, -0.2) is 37.1 Å². The molecule has 0 bridgehead atoms. The SMILES string of the molecule is COc1ccc(C=Cc2cc(N3CCC(N)CC3)nc3sc(C(N)=O)c(N)c23)cc1. The first-order chi connectivity index (χ1) is 14.5. The zero-order chi connectivity index (χ0) is 21.3. The van der Waals surface area contributed by atoms with Gasteiger partial charge in [0.25, 0.3) is 5.91 Å². The summed E-state index contributed by atoms with van der Waals surface area (Å²) in [6, 6.07) is 10.0. The van der Waals surface area contributed by atoms with E-state index in [1.54, 1.807) is 7.11 Å². The van der Waals surface area contributed by atoms with Crippen LogP contribution in [0.4, 0.5) is 11.5 Å². The number of primary amides is 1. The predicted octanol–water partition coefficient (Wildman–Crippen LogP) is 3.08. The van der Waals surface area contributed by atoms with Gasteiger partial charge in [-0.1, -0.05) is 24.3 Å². The van der Waals surface area contributed by atoms with E-state index in [0.717, 1.165) is 54.0 Å². The van der Waals surface area contributed by atoms with Gasteiger partial charge in [-0.2, -0.15) is 0 Å². The second kappa shape index (κ2) is 8.33. The highest BCUT2D eigenvalue weighted by atomic mass is 32.1. The van der Waals surface area contributed by atoms with E-state index in [9.17, 15) is 4.79 Å². The average molecular weight is 424 g/mol. The Hall–Kier alpha value is -3.10. The second-order valence-electron chi connectivity index (χ2n) is 7.39. The number of rotatable bonds is 5. The van der Waals surface area contributed by atoms with E-state index in [0.29, 0.717) is 15.4 Å². The standard InChI is InChI=1S/C22H25N5O2S/c1-29-16-6-3-13(4-7-16)2-5-14-12-17(27-10-8-15(23)9-11-27)26-22-18(14)19(24)20(30-22)21(25)28/h2-7,12,15H,8-11,23-24H2,1H3,(H2,25,28). The molecule has 3 aromatic rings. The van der Waals surface area contributed by atoms with Gasteiger partial charge in [0.15, 0.2) is 0 Å². The molecule has 0 unspecified atom stereocenters. The third-order valence-corrected chi connectivity index (χ3v) is 6.49. The number of thiophene rings is 1. The van der Waals surface area contributed by atoms with Crippen molar-refractivity contribution in [3.8, 4) is 5.75 Å². The molecule has 30 heavy (non-hydrogen) atoms. The maximum absolute atomic E-state index is 11.8. The Bertz CT molecular complexity index is 1100. The molecule has 1 saturated heterocycles. The van der Waals surface area contributed by atoms with Crippen molar-refractivity contribution in [1.82, 2.24) is 4.98 Å². The number of methoxy groups -OCH3 is 1. The zero-order valence-corrected chi connectivity index (χ0v) is 17.6. The van der Waals surface area contributed by atoms with Crippen molar-refractivity contribution in [3.05, 3.63) is 46.3 Å². The zero-order valence-electron chi connectivity index (χ0n) is 16.8. The van der Waals surface area contributed by atoms with E-state index < -0.39 is 5.91 Å². The van der Waals surface area contributed by atoms with Crippen LogP contribution in [0.2, 0.25) is 0 Å². The molecule has 1 amide bonds. The average Bonchev–Trinajstić information content (AvgIpc) is 3.10. The number of piperidine rings is 1. The largest absolute Gasteiger partial charge is 0.497 e. The summed E-state index contributed by atoms with van der Waals surface area (Å²) in [5, 5.41) is 0.760. The van der Waals surface area contributed by atoms with Gasteiger partial charge in [-0.15, -0.1) is 11.3 Å². The lowest BCUT2D eigenvalue weighted by Crippen LogP contribution is -2.40. The summed E-state index contributed by atoms with van der Waals surface area (Å²) in [7, 11) is 1.64. The highest BCUT2D eigenvalue weighted by Crippen LogP contribution is 2.37. The van der Waals surface area contributed by atoms with Crippen LogP contribution in [0.25, 0.3) is 22.4 Å². The van der Waals surface area contributed by atoms with Gasteiger partial charge in [0.2, 0.25) is 0 Å². The molecule has 1 fully saturated rings. The summed E-state index contributed by atoms with van der Waals surface area (Å²) in [4.78, 5) is 19.9. The molecule has 1 aliphatic rings. The Kier molecular flexibility index (Phi) is 5.61. The van der Waals surface area contributed by atoms with Gasteiger partial charge in [0.05, 0.1) is 12.8 Å². The molecule has 0 aliphatic carbocycles. The van der Waals surface area contributed by atoms with Crippen LogP contribution >= 0.6 is 11.3 Å². The monoisotopic (exact) mass is 423 g/mol. The Morgan fingerprint density at radius 1 is 1.23 bits per heavy atom. The lowest BCUT2D eigenvalue weighted by Gasteiger charge is -2.31. The number of nitrogens with two attached hydrogens (primary N) is 3. The van der Waals surface area contributed by atoms with E-state index in [-0.39, 0.29) is 6.04 Å². The van der Waals surface area contributed by atoms with E-state index in [1.807, 2.05) is 42.5 Å². The van der Waals surface area contributed by atoms with Crippen molar-refractivity contribution < 1.29 is 9.53 Å². The molecule has 1 aliphatic heterocycles. The number of aromatic nitrogens is 1. The van der Waals surface area contributed by atoms with Crippen molar-refractivity contribution in [3.63, 3.8) is 0 Å². The van der Waals surface area contributed by atoms with E-state index in [4.69, 9.17) is 26.9 Å². The maximum Gasteiger partial charge on any atom is 0.260 e. The fourth-order valence-electron chi connectivity index (χ4n) is 3.64. The molecular formula is C22H25N5O2S. The number of hydrogen-bond acceptors (Lipinski definition) is 7. The molecular weight excluding hydrogens is 398 g/mol. The number of amides is 1. The summed E-state index contributed by atoms with van der Waals surface area (Å²) in [6.07, 6.45) is 5.86. The van der Waals surface area contributed by atoms with Crippen LogP contribution in [0.3, 0.4) is 0 Å². The Morgan fingerprint density at radius 2 is 1.93 bits per heavy atom. The van der Waals surface area contributed by atoms with Gasteiger partial charge in [-0.3, -0.25) is 4.79 Å². The number of carbonyl (C=O) groups is 1. The number of fused-ring (bicyclic) bond motifs is 1. The van der Waals surface area contributed by atoms with Crippen molar-refractivity contribution in [2.24, 2.45) is 11.5 Å². The fraction of sp³-hybridized carbons (Fsp3) is 0.273. The van der Waals surface area contributed by atoms with Crippen LogP contribution in [-0.2, 0) is 0 Å². The lowest BCUT2D eigenvalue weighted by molar-refractivity contribution is 0.100. The Labute approximate surface area is 179 Å². The van der Waals surface area contributed by atoms with Crippen molar-refractivity contribution >= 4 is 51.1 Å². The summed E-state index contributed by atoms with van der Waals surface area (Å²) >= 11 is 1.24. The van der Waals surface area contributed by atoms with E-state index in [1.165, 1.54) is 11.3 Å². The molecule has 8 heteroatoms. The second-order valence-corrected chi connectivity index (χ2v) is 8.39. The van der Waals surface area contributed by atoms with Gasteiger partial charge in [-0.25, -0.2) is 4.98 Å². The summed E-state index contributed by atoms with van der Waals surface area (Å²) in [5.74, 6) is 1.13. The summed E-state index contributed by atoms with van der Waals surface area (Å²) < 4.78 is 5.22. The smallest absolute Gasteiger partial charge is 0.260 e. The normalized spacial score (nSPS) is 15.2. The first-order valence-corrected chi connectivity index (χ1v) is 10.6. The molecule has 0 radical (unpaired) electrons. The minimum atomic E-state index is -0.536. The van der Waals surface area contributed by atoms with E-state index >= 15 is 0 Å². The number of benzene rings is 1. The van der Waals surface area contributed by atoms with Crippen LogP contribution in [0.5, 0.6) is 5.75 Å². The summed E-state index contributed by atoms with van der Waals surface area (Å²) in [6.45, 7) is 1.70. The number of hydrogen-bond donors (Lipinski definition) is 3. The van der Waals surface area contributed by atoms with Crippen molar-refractivity contribution in [2.45, 2.75) is 18.9 Å². The molecule has 156 valence electrons. The highest BCUT2D eigenvalue weighted by Gasteiger charge is 2.22. The number of pyridine rings is 1. The molecule has 1 aromatic carbocycles. The predicted molar refractivity (Wildman–Crippen MR) is 124 cm³/mol. The fourth-order valence-corrected chi connectivity index (χ4v) is 4.62. The first-order valence-electron chi connectivity index (χ1n) is 9.81. The van der Waals surface area contributed by atoms with Gasteiger partial charge in [-0.05, 0) is 42.2 Å². The van der Waals surface area contributed by atoms with Crippen LogP contribution in [0, 0.1) is 0 Å². The topological polar surface area (TPSA) is 120 Å². The number of ether oxygens (including phenoxy) is 1. The molecule has 2 aromatic heterocycles. The molecule has 6 N–H and O–H groups in total. The van der Waals surface area contributed by atoms with Crippen LogP contribution < -0.4 is 26.8 Å². The van der Waals surface area contributed by atoms with Crippen molar-refractivity contribution in [2.75, 3.05) is 30.8 Å². The minimum Gasteiger partial charge on any atom is -0.497 e. The van der Waals surface area contributed by atoms with Gasteiger partial charge in [0.1, 0.15) is 21.3 Å². The third-order valence-electron chi connectivity index (χ3n) is 5.37. The van der Waals surface area contributed by atoms with Gasteiger partial charge >= 0.3 is 0 Å². The molecule has 0 spiro atoms. The molecule has 7 nitrogen and oxygen atoms in total. The molecule has 4 rings (SSSR count). The molecule has 0 atom stereocenters. The lowest BCUT2D eigenvalue weighted by atomic mass is 10.0. The quantitative estimate of drug-likeness (QED) is 0.580. The van der Waals surface area contributed by atoms with Gasteiger partial charge in [0, 0.05) is 24.5 Å². The number of nitrogens with zero attached hydrogens (tertiary/aromatic N) is 2. The number of anilines is 2. The minimum absolute atomic E-state index is 0.235.